The normalized spacial score (nSPS) is 9.69. The van der Waals surface area contributed by atoms with E-state index in [1.807, 2.05) is 6.07 Å². The van der Waals surface area contributed by atoms with Gasteiger partial charge in [-0.2, -0.15) is 5.26 Å². The number of carbonyl (C=O) groups excluding carboxylic acids is 3. The Morgan fingerprint density at radius 2 is 1.88 bits per heavy atom. The molecule has 0 atom stereocenters. The number of nitrogens with zero attached hydrogens (tertiary/aromatic N) is 1. The summed E-state index contributed by atoms with van der Waals surface area (Å²) in [5.74, 6) is -0.978. The summed E-state index contributed by atoms with van der Waals surface area (Å²) in [4.78, 5) is 34.0. The largest absolute Gasteiger partial charge is 0.482 e. The van der Waals surface area contributed by atoms with Gasteiger partial charge in [0.2, 0.25) is 0 Å². The minimum Gasteiger partial charge on any atom is -0.482 e. The van der Waals surface area contributed by atoms with Gasteiger partial charge in [0, 0.05) is 10.6 Å². The van der Waals surface area contributed by atoms with E-state index >= 15 is 0 Å². The molecule has 0 saturated heterocycles. The van der Waals surface area contributed by atoms with Crippen molar-refractivity contribution in [3.05, 3.63) is 58.6 Å². The fourth-order valence-corrected chi connectivity index (χ4v) is 2.05. The molecule has 0 bridgehead atoms. The van der Waals surface area contributed by atoms with Crippen LogP contribution in [-0.4, -0.2) is 31.4 Å². The molecule has 2 aromatic carbocycles. The quantitative estimate of drug-likeness (QED) is 0.591. The maximum atomic E-state index is 11.8. The van der Waals surface area contributed by atoms with Crippen LogP contribution in [0.5, 0.6) is 5.75 Å². The SMILES string of the molecule is N#Cc1ccc(Cl)cc1NC(=O)COC(=O)COc1ccc(C=O)cc1. The van der Waals surface area contributed by atoms with Crippen LogP contribution in [0.15, 0.2) is 42.5 Å². The van der Waals surface area contributed by atoms with E-state index < -0.39 is 25.1 Å². The zero-order valence-corrected chi connectivity index (χ0v) is 14.2. The van der Waals surface area contributed by atoms with Gasteiger partial charge in [-0.15, -0.1) is 0 Å². The number of aldehydes is 1. The van der Waals surface area contributed by atoms with Gasteiger partial charge in [0.05, 0.1) is 11.3 Å². The van der Waals surface area contributed by atoms with Crippen molar-refractivity contribution in [1.29, 1.82) is 5.26 Å². The number of ether oxygens (including phenoxy) is 2. The standard InChI is InChI=1S/C18H13ClN2O5/c19-14-4-3-13(8-20)16(7-14)21-17(23)10-26-18(24)11-25-15-5-1-12(9-22)2-6-15/h1-7,9H,10-11H2,(H,21,23). The Morgan fingerprint density at radius 1 is 1.15 bits per heavy atom. The Hall–Kier alpha value is -3.37. The summed E-state index contributed by atoms with van der Waals surface area (Å²) in [6, 6.07) is 12.5. The summed E-state index contributed by atoms with van der Waals surface area (Å²) < 4.78 is 9.99. The number of esters is 1. The van der Waals surface area contributed by atoms with Crippen LogP contribution in [0.2, 0.25) is 5.02 Å². The van der Waals surface area contributed by atoms with E-state index in [9.17, 15) is 14.4 Å². The second-order valence-corrected chi connectivity index (χ2v) is 5.42. The topological polar surface area (TPSA) is 105 Å². The molecule has 0 aliphatic rings. The van der Waals surface area contributed by atoms with E-state index in [2.05, 4.69) is 5.32 Å². The maximum absolute atomic E-state index is 11.8. The Morgan fingerprint density at radius 3 is 2.54 bits per heavy atom. The van der Waals surface area contributed by atoms with Crippen LogP contribution in [0.3, 0.4) is 0 Å². The van der Waals surface area contributed by atoms with Crippen molar-refractivity contribution < 1.29 is 23.9 Å². The lowest BCUT2D eigenvalue weighted by molar-refractivity contribution is -0.149. The van der Waals surface area contributed by atoms with E-state index in [1.165, 1.54) is 30.3 Å². The summed E-state index contributed by atoms with van der Waals surface area (Å²) in [6.07, 6.45) is 0.689. The van der Waals surface area contributed by atoms with Crippen LogP contribution in [0.1, 0.15) is 15.9 Å². The molecule has 0 heterocycles. The number of carbonyl (C=O) groups is 3. The summed E-state index contributed by atoms with van der Waals surface area (Å²) in [7, 11) is 0. The van der Waals surface area contributed by atoms with Crippen molar-refractivity contribution >= 4 is 35.5 Å². The number of benzene rings is 2. The van der Waals surface area contributed by atoms with Crippen LogP contribution in [0.25, 0.3) is 0 Å². The van der Waals surface area contributed by atoms with Gasteiger partial charge in [0.1, 0.15) is 18.1 Å². The summed E-state index contributed by atoms with van der Waals surface area (Å²) in [5, 5.41) is 11.8. The smallest absolute Gasteiger partial charge is 0.344 e. The number of rotatable bonds is 7. The van der Waals surface area contributed by atoms with Crippen molar-refractivity contribution in [3.63, 3.8) is 0 Å². The Bertz CT molecular complexity index is 859. The Labute approximate surface area is 154 Å². The zero-order valence-electron chi connectivity index (χ0n) is 13.4. The number of nitrogens with one attached hydrogen (secondary N) is 1. The first-order valence-corrected chi connectivity index (χ1v) is 7.73. The van der Waals surface area contributed by atoms with Gasteiger partial charge >= 0.3 is 5.97 Å². The number of hydrogen-bond donors (Lipinski definition) is 1. The molecule has 7 nitrogen and oxygen atoms in total. The van der Waals surface area contributed by atoms with Gasteiger partial charge < -0.3 is 14.8 Å². The van der Waals surface area contributed by atoms with Crippen LogP contribution in [-0.2, 0) is 14.3 Å². The minimum atomic E-state index is -0.744. The summed E-state index contributed by atoms with van der Waals surface area (Å²) in [6.45, 7) is -0.933. The van der Waals surface area contributed by atoms with Crippen LogP contribution < -0.4 is 10.1 Å². The predicted octanol–water partition coefficient (Wildman–Crippen LogP) is 2.58. The molecule has 0 unspecified atom stereocenters. The molecular weight excluding hydrogens is 360 g/mol. The van der Waals surface area contributed by atoms with Gasteiger partial charge in [-0.05, 0) is 42.5 Å². The van der Waals surface area contributed by atoms with Gasteiger partial charge in [0.25, 0.3) is 5.91 Å². The summed E-state index contributed by atoms with van der Waals surface area (Å²) in [5.41, 5.74) is 0.943. The fourth-order valence-electron chi connectivity index (χ4n) is 1.88. The second-order valence-electron chi connectivity index (χ2n) is 4.99. The lowest BCUT2D eigenvalue weighted by Gasteiger charge is -2.09. The monoisotopic (exact) mass is 372 g/mol. The maximum Gasteiger partial charge on any atom is 0.344 e. The molecule has 1 amide bonds. The number of amides is 1. The van der Waals surface area contributed by atoms with E-state index in [0.717, 1.165) is 0 Å². The molecular formula is C18H13ClN2O5. The van der Waals surface area contributed by atoms with Gasteiger partial charge in [0.15, 0.2) is 13.2 Å². The fraction of sp³-hybridized carbons (Fsp3) is 0.111. The summed E-state index contributed by atoms with van der Waals surface area (Å²) >= 11 is 5.82. The third kappa shape index (κ3) is 5.61. The molecule has 2 aromatic rings. The van der Waals surface area contributed by atoms with Crippen LogP contribution in [0.4, 0.5) is 5.69 Å². The Kier molecular flexibility index (Phi) is 6.71. The first-order valence-electron chi connectivity index (χ1n) is 7.35. The predicted molar refractivity (Wildman–Crippen MR) is 93.1 cm³/mol. The highest BCUT2D eigenvalue weighted by molar-refractivity contribution is 6.31. The number of halogens is 1. The average Bonchev–Trinajstić information content (AvgIpc) is 2.65. The highest BCUT2D eigenvalue weighted by atomic mass is 35.5. The van der Waals surface area contributed by atoms with Crippen LogP contribution >= 0.6 is 11.6 Å². The third-order valence-electron chi connectivity index (χ3n) is 3.11. The second kappa shape index (κ2) is 9.20. The molecule has 8 heteroatoms. The highest BCUT2D eigenvalue weighted by Gasteiger charge is 2.11. The third-order valence-corrected chi connectivity index (χ3v) is 3.35. The molecule has 0 radical (unpaired) electrons. The lowest BCUT2D eigenvalue weighted by atomic mass is 10.2. The zero-order chi connectivity index (χ0) is 18.9. The highest BCUT2D eigenvalue weighted by Crippen LogP contribution is 2.20. The van der Waals surface area contributed by atoms with E-state index in [0.29, 0.717) is 22.6 Å². The molecule has 132 valence electrons. The molecule has 0 aliphatic carbocycles. The minimum absolute atomic E-state index is 0.229. The van der Waals surface area contributed by atoms with E-state index in [-0.39, 0.29) is 11.3 Å². The number of hydrogen-bond acceptors (Lipinski definition) is 6. The number of anilines is 1. The molecule has 0 spiro atoms. The lowest BCUT2D eigenvalue weighted by Crippen LogP contribution is -2.24. The molecule has 26 heavy (non-hydrogen) atoms. The van der Waals surface area contributed by atoms with Crippen molar-refractivity contribution in [3.8, 4) is 11.8 Å². The molecule has 0 saturated carbocycles. The molecule has 0 fully saturated rings. The van der Waals surface area contributed by atoms with E-state index in [1.54, 1.807) is 12.1 Å². The average molecular weight is 373 g/mol. The molecule has 1 N–H and O–H groups in total. The van der Waals surface area contributed by atoms with Gasteiger partial charge in [-0.1, -0.05) is 11.6 Å². The van der Waals surface area contributed by atoms with Crippen molar-refractivity contribution in [2.45, 2.75) is 0 Å². The van der Waals surface area contributed by atoms with E-state index in [4.69, 9.17) is 26.3 Å². The van der Waals surface area contributed by atoms with Crippen LogP contribution in [0, 0.1) is 11.3 Å². The first-order chi connectivity index (χ1) is 12.5. The molecule has 0 aromatic heterocycles. The van der Waals surface area contributed by atoms with Crippen molar-refractivity contribution in [2.75, 3.05) is 18.5 Å². The first kappa shape index (κ1) is 19.0. The molecule has 0 aliphatic heterocycles. The van der Waals surface area contributed by atoms with Gasteiger partial charge in [-0.25, -0.2) is 4.79 Å². The van der Waals surface area contributed by atoms with Crippen molar-refractivity contribution in [2.24, 2.45) is 0 Å². The number of nitriles is 1. The molecule has 2 rings (SSSR count). The van der Waals surface area contributed by atoms with Crippen molar-refractivity contribution in [1.82, 2.24) is 0 Å². The van der Waals surface area contributed by atoms with Gasteiger partial charge in [-0.3, -0.25) is 9.59 Å². The Balaban J connectivity index is 1.79.